The number of esters is 1. The fourth-order valence-corrected chi connectivity index (χ4v) is 3.67. The van der Waals surface area contributed by atoms with Crippen LogP contribution in [0, 0.1) is 0 Å². The number of ether oxygens (including phenoxy) is 1. The van der Waals surface area contributed by atoms with Gasteiger partial charge in [-0.2, -0.15) is 0 Å². The van der Waals surface area contributed by atoms with Crippen molar-refractivity contribution in [3.8, 4) is 0 Å². The average Bonchev–Trinajstić information content (AvgIpc) is 3.27. The molecule has 0 spiro atoms. The zero-order valence-electron chi connectivity index (χ0n) is 16.5. The van der Waals surface area contributed by atoms with Gasteiger partial charge in [-0.15, -0.1) is 0 Å². The predicted molar refractivity (Wildman–Crippen MR) is 111 cm³/mol. The number of hydrogen-bond donors (Lipinski definition) is 3. The van der Waals surface area contributed by atoms with Gasteiger partial charge in [-0.1, -0.05) is 30.3 Å². The molecule has 4 N–H and O–H groups in total. The second-order valence-electron chi connectivity index (χ2n) is 7.10. The van der Waals surface area contributed by atoms with Crippen molar-refractivity contribution in [2.75, 3.05) is 13.2 Å². The summed E-state index contributed by atoms with van der Waals surface area (Å²) < 4.78 is 5.26. The summed E-state index contributed by atoms with van der Waals surface area (Å²) in [5.41, 5.74) is 7.58. The molecule has 4 amide bonds. The summed E-state index contributed by atoms with van der Waals surface area (Å²) in [6, 6.07) is 12.2. The highest BCUT2D eigenvalue weighted by Crippen LogP contribution is 2.22. The van der Waals surface area contributed by atoms with Gasteiger partial charge in [0.2, 0.25) is 0 Å². The number of amides is 4. The fourth-order valence-electron chi connectivity index (χ4n) is 3.67. The Morgan fingerprint density at radius 2 is 1.68 bits per heavy atom. The second kappa shape index (κ2) is 8.31. The number of benzene rings is 2. The van der Waals surface area contributed by atoms with Gasteiger partial charge in [-0.3, -0.25) is 14.5 Å². The normalized spacial score (nSPS) is 13.9. The van der Waals surface area contributed by atoms with Crippen LogP contribution in [0.25, 0.3) is 10.9 Å². The predicted octanol–water partition coefficient (Wildman–Crippen LogP) is 1.59. The molecular formula is C22H20N4O5. The van der Waals surface area contributed by atoms with Crippen molar-refractivity contribution < 1.29 is 23.9 Å². The van der Waals surface area contributed by atoms with Gasteiger partial charge in [-0.25, -0.2) is 9.59 Å². The lowest BCUT2D eigenvalue weighted by Gasteiger charge is -2.18. The molecule has 0 bridgehead atoms. The van der Waals surface area contributed by atoms with Crippen molar-refractivity contribution in [3.05, 3.63) is 71.4 Å². The number of nitrogens with one attached hydrogen (secondary N) is 2. The molecule has 9 nitrogen and oxygen atoms in total. The van der Waals surface area contributed by atoms with E-state index in [4.69, 9.17) is 10.5 Å². The molecule has 1 unspecified atom stereocenters. The molecular weight excluding hydrogens is 400 g/mol. The van der Waals surface area contributed by atoms with Crippen LogP contribution >= 0.6 is 0 Å². The standard InChI is InChI=1S/C22H20N4O5/c23-22(30)25-18(11-13-12-24-17-8-4-3-5-14(13)17)21(29)31-10-9-26-19(27)15-6-1-2-7-16(15)20(26)28/h1-8,12,18,24H,9-11H2,(H3,23,25,30). The van der Waals surface area contributed by atoms with Gasteiger partial charge < -0.3 is 20.8 Å². The van der Waals surface area contributed by atoms with Crippen molar-refractivity contribution in [1.29, 1.82) is 0 Å². The first-order chi connectivity index (χ1) is 15.0. The lowest BCUT2D eigenvalue weighted by Crippen LogP contribution is -2.46. The van der Waals surface area contributed by atoms with E-state index < -0.39 is 29.9 Å². The number of aromatic nitrogens is 1. The number of hydrogen-bond acceptors (Lipinski definition) is 5. The van der Waals surface area contributed by atoms with Gasteiger partial charge in [-0.05, 0) is 23.8 Å². The highest BCUT2D eigenvalue weighted by atomic mass is 16.5. The Kier molecular flexibility index (Phi) is 5.40. The van der Waals surface area contributed by atoms with E-state index in [0.29, 0.717) is 11.1 Å². The third kappa shape index (κ3) is 3.97. The molecule has 158 valence electrons. The van der Waals surface area contributed by atoms with E-state index in [-0.39, 0.29) is 19.6 Å². The Balaban J connectivity index is 1.40. The fraction of sp³-hybridized carbons (Fsp3) is 0.182. The molecule has 0 saturated heterocycles. The molecule has 0 fully saturated rings. The quantitative estimate of drug-likeness (QED) is 0.394. The number of fused-ring (bicyclic) bond motifs is 2. The van der Waals surface area contributed by atoms with E-state index in [1.54, 1.807) is 30.5 Å². The maximum Gasteiger partial charge on any atom is 0.329 e. The van der Waals surface area contributed by atoms with Gasteiger partial charge in [0.25, 0.3) is 11.8 Å². The van der Waals surface area contributed by atoms with Crippen molar-refractivity contribution in [2.24, 2.45) is 5.73 Å². The minimum absolute atomic E-state index is 0.0888. The van der Waals surface area contributed by atoms with Crippen LogP contribution in [-0.4, -0.2) is 52.9 Å². The van der Waals surface area contributed by atoms with Gasteiger partial charge in [0, 0.05) is 23.5 Å². The SMILES string of the molecule is NC(=O)NC(Cc1c[nH]c2ccccc12)C(=O)OCCN1C(=O)c2ccccc2C1=O. The van der Waals surface area contributed by atoms with Crippen LogP contribution in [0.1, 0.15) is 26.3 Å². The largest absolute Gasteiger partial charge is 0.462 e. The second-order valence-corrected chi connectivity index (χ2v) is 7.10. The first-order valence-electron chi connectivity index (χ1n) is 9.68. The smallest absolute Gasteiger partial charge is 0.329 e. The Morgan fingerprint density at radius 1 is 1.03 bits per heavy atom. The van der Waals surface area contributed by atoms with Gasteiger partial charge in [0.05, 0.1) is 17.7 Å². The number of carbonyl (C=O) groups excluding carboxylic acids is 4. The van der Waals surface area contributed by atoms with E-state index in [0.717, 1.165) is 21.4 Å². The first kappa shape index (κ1) is 20.1. The third-order valence-corrected chi connectivity index (χ3v) is 5.14. The van der Waals surface area contributed by atoms with Gasteiger partial charge in [0.15, 0.2) is 0 Å². The van der Waals surface area contributed by atoms with Crippen LogP contribution in [0.2, 0.25) is 0 Å². The highest BCUT2D eigenvalue weighted by Gasteiger charge is 2.35. The number of nitrogens with two attached hydrogens (primary N) is 1. The summed E-state index contributed by atoms with van der Waals surface area (Å²) in [5, 5.41) is 3.31. The molecule has 31 heavy (non-hydrogen) atoms. The Bertz CT molecular complexity index is 1150. The molecule has 1 aliphatic rings. The summed E-state index contributed by atoms with van der Waals surface area (Å²) in [4.78, 5) is 52.9. The molecule has 2 heterocycles. The van der Waals surface area contributed by atoms with Gasteiger partial charge in [0.1, 0.15) is 12.6 Å². The molecule has 1 atom stereocenters. The molecule has 1 aliphatic heterocycles. The number of urea groups is 1. The minimum Gasteiger partial charge on any atom is -0.462 e. The summed E-state index contributed by atoms with van der Waals surface area (Å²) in [6.45, 7) is -0.288. The monoisotopic (exact) mass is 420 g/mol. The van der Waals surface area contributed by atoms with Crippen LogP contribution in [-0.2, 0) is 16.0 Å². The Labute approximate surface area is 177 Å². The molecule has 0 radical (unpaired) electrons. The van der Waals surface area contributed by atoms with Crippen molar-refractivity contribution >= 4 is 34.7 Å². The van der Waals surface area contributed by atoms with Crippen molar-refractivity contribution in [3.63, 3.8) is 0 Å². The number of rotatable bonds is 7. The number of para-hydroxylation sites is 1. The molecule has 0 saturated carbocycles. The van der Waals surface area contributed by atoms with E-state index in [1.165, 1.54) is 0 Å². The van der Waals surface area contributed by atoms with Crippen molar-refractivity contribution in [2.45, 2.75) is 12.5 Å². The molecule has 0 aliphatic carbocycles. The maximum absolute atomic E-state index is 12.6. The molecule has 9 heteroatoms. The zero-order valence-corrected chi connectivity index (χ0v) is 16.5. The topological polar surface area (TPSA) is 135 Å². The Hall–Kier alpha value is -4.14. The van der Waals surface area contributed by atoms with Crippen LogP contribution < -0.4 is 11.1 Å². The summed E-state index contributed by atoms with van der Waals surface area (Å²) in [6.07, 6.45) is 1.92. The first-order valence-corrected chi connectivity index (χ1v) is 9.68. The number of primary amides is 1. The van der Waals surface area contributed by atoms with Crippen LogP contribution in [0.15, 0.2) is 54.7 Å². The summed E-state index contributed by atoms with van der Waals surface area (Å²) >= 11 is 0. The van der Waals surface area contributed by atoms with E-state index >= 15 is 0 Å². The number of imide groups is 1. The summed E-state index contributed by atoms with van der Waals surface area (Å²) in [5.74, 6) is -1.56. The zero-order chi connectivity index (χ0) is 22.0. The van der Waals surface area contributed by atoms with Crippen LogP contribution in [0.5, 0.6) is 0 Å². The third-order valence-electron chi connectivity index (χ3n) is 5.14. The lowest BCUT2D eigenvalue weighted by molar-refractivity contribution is -0.146. The lowest BCUT2D eigenvalue weighted by atomic mass is 10.1. The molecule has 4 rings (SSSR count). The summed E-state index contributed by atoms with van der Waals surface area (Å²) in [7, 11) is 0. The minimum atomic E-state index is -1.01. The number of nitrogens with zero attached hydrogens (tertiary/aromatic N) is 1. The van der Waals surface area contributed by atoms with Crippen molar-refractivity contribution in [1.82, 2.24) is 15.2 Å². The molecule has 2 aromatic carbocycles. The number of carbonyl (C=O) groups is 4. The van der Waals surface area contributed by atoms with Crippen LogP contribution in [0.4, 0.5) is 4.79 Å². The van der Waals surface area contributed by atoms with Crippen LogP contribution in [0.3, 0.4) is 0 Å². The molecule has 1 aromatic heterocycles. The average molecular weight is 420 g/mol. The molecule has 3 aromatic rings. The van der Waals surface area contributed by atoms with E-state index in [1.807, 2.05) is 24.3 Å². The Morgan fingerprint density at radius 3 is 2.35 bits per heavy atom. The highest BCUT2D eigenvalue weighted by molar-refractivity contribution is 6.21. The maximum atomic E-state index is 12.6. The van der Waals surface area contributed by atoms with E-state index in [9.17, 15) is 19.2 Å². The number of aromatic amines is 1. The number of H-pyrrole nitrogens is 1. The van der Waals surface area contributed by atoms with E-state index in [2.05, 4.69) is 10.3 Å². The van der Waals surface area contributed by atoms with Gasteiger partial charge >= 0.3 is 12.0 Å².